The molecular formula is C19H20BrClN2O3. The van der Waals surface area contributed by atoms with Gasteiger partial charge in [0.25, 0.3) is 5.91 Å². The second-order valence-corrected chi connectivity index (χ2v) is 6.73. The van der Waals surface area contributed by atoms with E-state index in [1.807, 2.05) is 24.3 Å². The number of carbonyl (C=O) groups is 2. The number of halogens is 2. The lowest BCUT2D eigenvalue weighted by Gasteiger charge is -2.09. The minimum Gasteiger partial charge on any atom is -0.492 e. The third kappa shape index (κ3) is 6.69. The first-order valence-corrected chi connectivity index (χ1v) is 9.42. The summed E-state index contributed by atoms with van der Waals surface area (Å²) in [6, 6.07) is 14.4. The highest BCUT2D eigenvalue weighted by Crippen LogP contribution is 2.23. The average molecular weight is 440 g/mol. The van der Waals surface area contributed by atoms with E-state index in [-0.39, 0.29) is 11.8 Å². The maximum absolute atomic E-state index is 12.0. The Kier molecular flexibility index (Phi) is 8.44. The molecule has 0 spiro atoms. The van der Waals surface area contributed by atoms with E-state index < -0.39 is 0 Å². The Morgan fingerprint density at radius 2 is 1.69 bits per heavy atom. The average Bonchev–Trinajstić information content (AvgIpc) is 2.64. The first-order chi connectivity index (χ1) is 12.6. The molecular weight excluding hydrogens is 420 g/mol. The number of para-hydroxylation sites is 1. The summed E-state index contributed by atoms with van der Waals surface area (Å²) in [6.07, 6.45) is 0.974. The van der Waals surface area contributed by atoms with Gasteiger partial charge in [-0.3, -0.25) is 9.59 Å². The van der Waals surface area contributed by atoms with E-state index in [2.05, 4.69) is 26.6 Å². The Balaban J connectivity index is 1.57. The molecule has 0 bridgehead atoms. The quantitative estimate of drug-likeness (QED) is 0.584. The van der Waals surface area contributed by atoms with E-state index in [9.17, 15) is 9.59 Å². The Morgan fingerprint density at radius 3 is 2.46 bits per heavy atom. The van der Waals surface area contributed by atoms with Crippen LogP contribution in [0, 0.1) is 0 Å². The van der Waals surface area contributed by atoms with Crippen LogP contribution in [0.2, 0.25) is 5.02 Å². The van der Waals surface area contributed by atoms with Gasteiger partial charge in [-0.15, -0.1) is 0 Å². The SMILES string of the molecule is O=C(CCCOc1ccccc1Br)NCCNC(=O)c1ccccc1Cl. The van der Waals surface area contributed by atoms with Crippen molar-refractivity contribution in [3.8, 4) is 5.75 Å². The topological polar surface area (TPSA) is 67.4 Å². The second kappa shape index (κ2) is 10.8. The van der Waals surface area contributed by atoms with Gasteiger partial charge in [0.1, 0.15) is 5.75 Å². The van der Waals surface area contributed by atoms with Crippen molar-refractivity contribution in [2.75, 3.05) is 19.7 Å². The molecule has 0 saturated heterocycles. The Morgan fingerprint density at radius 1 is 1.00 bits per heavy atom. The molecule has 5 nitrogen and oxygen atoms in total. The van der Waals surface area contributed by atoms with Gasteiger partial charge in [-0.05, 0) is 46.6 Å². The standard InChI is InChI=1S/C19H20BrClN2O3/c20-15-7-2-4-9-17(15)26-13-5-10-18(24)22-11-12-23-19(25)14-6-1-3-8-16(14)21/h1-4,6-9H,5,10-13H2,(H,22,24)(H,23,25). The number of benzene rings is 2. The van der Waals surface area contributed by atoms with E-state index in [0.29, 0.717) is 43.1 Å². The van der Waals surface area contributed by atoms with Crippen molar-refractivity contribution in [2.45, 2.75) is 12.8 Å². The fraction of sp³-hybridized carbons (Fsp3) is 0.263. The van der Waals surface area contributed by atoms with Gasteiger partial charge in [0.15, 0.2) is 0 Å². The molecule has 0 saturated carbocycles. The van der Waals surface area contributed by atoms with Crippen LogP contribution < -0.4 is 15.4 Å². The number of nitrogens with one attached hydrogen (secondary N) is 2. The number of rotatable bonds is 9. The zero-order chi connectivity index (χ0) is 18.8. The van der Waals surface area contributed by atoms with Crippen molar-refractivity contribution in [1.29, 1.82) is 0 Å². The van der Waals surface area contributed by atoms with Crippen molar-refractivity contribution in [1.82, 2.24) is 10.6 Å². The van der Waals surface area contributed by atoms with E-state index in [4.69, 9.17) is 16.3 Å². The molecule has 2 aromatic rings. The van der Waals surface area contributed by atoms with Crippen molar-refractivity contribution < 1.29 is 14.3 Å². The second-order valence-electron chi connectivity index (χ2n) is 5.47. The van der Waals surface area contributed by atoms with Gasteiger partial charge in [-0.25, -0.2) is 0 Å². The van der Waals surface area contributed by atoms with Crippen LogP contribution in [0.3, 0.4) is 0 Å². The van der Waals surface area contributed by atoms with Crippen LogP contribution >= 0.6 is 27.5 Å². The maximum atomic E-state index is 12.0. The summed E-state index contributed by atoms with van der Waals surface area (Å²) in [5.74, 6) is 0.426. The molecule has 0 radical (unpaired) electrons. The summed E-state index contributed by atoms with van der Waals surface area (Å²) >= 11 is 9.37. The highest BCUT2D eigenvalue weighted by atomic mass is 79.9. The highest BCUT2D eigenvalue weighted by Gasteiger charge is 2.08. The lowest BCUT2D eigenvalue weighted by atomic mass is 10.2. The van der Waals surface area contributed by atoms with Crippen molar-refractivity contribution >= 4 is 39.3 Å². The van der Waals surface area contributed by atoms with Gasteiger partial charge in [0, 0.05) is 19.5 Å². The largest absolute Gasteiger partial charge is 0.492 e. The number of hydrogen-bond acceptors (Lipinski definition) is 3. The molecule has 0 fully saturated rings. The van der Waals surface area contributed by atoms with Crippen molar-refractivity contribution in [3.63, 3.8) is 0 Å². The minimum absolute atomic E-state index is 0.0762. The van der Waals surface area contributed by atoms with E-state index in [1.54, 1.807) is 24.3 Å². The van der Waals surface area contributed by atoms with Gasteiger partial charge in [0.2, 0.25) is 5.91 Å². The van der Waals surface area contributed by atoms with Gasteiger partial charge >= 0.3 is 0 Å². The van der Waals surface area contributed by atoms with Crippen LogP contribution in [0.1, 0.15) is 23.2 Å². The predicted molar refractivity (Wildman–Crippen MR) is 106 cm³/mol. The van der Waals surface area contributed by atoms with Crippen molar-refractivity contribution in [2.24, 2.45) is 0 Å². The molecule has 0 aliphatic rings. The van der Waals surface area contributed by atoms with E-state index >= 15 is 0 Å². The lowest BCUT2D eigenvalue weighted by molar-refractivity contribution is -0.121. The van der Waals surface area contributed by atoms with E-state index in [0.717, 1.165) is 10.2 Å². The third-order valence-electron chi connectivity index (χ3n) is 3.49. The summed E-state index contributed by atoms with van der Waals surface area (Å²) in [6.45, 7) is 1.16. The minimum atomic E-state index is -0.258. The summed E-state index contributed by atoms with van der Waals surface area (Å²) in [5, 5.41) is 5.89. The van der Waals surface area contributed by atoms with Gasteiger partial charge in [-0.1, -0.05) is 35.9 Å². The maximum Gasteiger partial charge on any atom is 0.252 e. The first-order valence-electron chi connectivity index (χ1n) is 8.24. The number of ether oxygens (including phenoxy) is 1. The highest BCUT2D eigenvalue weighted by molar-refractivity contribution is 9.10. The van der Waals surface area contributed by atoms with Gasteiger partial charge < -0.3 is 15.4 Å². The van der Waals surface area contributed by atoms with Crippen molar-refractivity contribution in [3.05, 3.63) is 63.6 Å². The predicted octanol–water partition coefficient (Wildman–Crippen LogP) is 3.81. The molecule has 0 aliphatic heterocycles. The molecule has 0 aromatic heterocycles. The first kappa shape index (κ1) is 20.3. The van der Waals surface area contributed by atoms with Gasteiger partial charge in [-0.2, -0.15) is 0 Å². The van der Waals surface area contributed by atoms with Crippen LogP contribution in [-0.4, -0.2) is 31.5 Å². The van der Waals surface area contributed by atoms with Crippen LogP contribution in [-0.2, 0) is 4.79 Å². The molecule has 7 heteroatoms. The van der Waals surface area contributed by atoms with E-state index in [1.165, 1.54) is 0 Å². The normalized spacial score (nSPS) is 10.2. The summed E-state index contributed by atoms with van der Waals surface area (Å²) in [5.41, 5.74) is 0.421. The number of amides is 2. The summed E-state index contributed by atoms with van der Waals surface area (Å²) < 4.78 is 6.50. The monoisotopic (exact) mass is 438 g/mol. The molecule has 26 heavy (non-hydrogen) atoms. The fourth-order valence-corrected chi connectivity index (χ4v) is 2.80. The zero-order valence-corrected chi connectivity index (χ0v) is 16.5. The molecule has 138 valence electrons. The Hall–Kier alpha value is -2.05. The Labute approximate surface area is 166 Å². The lowest BCUT2D eigenvalue weighted by Crippen LogP contribution is -2.34. The van der Waals surface area contributed by atoms with Gasteiger partial charge in [0.05, 0.1) is 21.7 Å². The summed E-state index contributed by atoms with van der Waals surface area (Å²) in [7, 11) is 0. The van der Waals surface area contributed by atoms with Crippen LogP contribution in [0.4, 0.5) is 0 Å². The molecule has 0 heterocycles. The molecule has 0 unspecified atom stereocenters. The number of hydrogen-bond donors (Lipinski definition) is 2. The van der Waals surface area contributed by atoms with Crippen LogP contribution in [0.5, 0.6) is 5.75 Å². The summed E-state index contributed by atoms with van der Waals surface area (Å²) in [4.78, 5) is 23.7. The molecule has 0 atom stereocenters. The smallest absolute Gasteiger partial charge is 0.252 e. The Bertz CT molecular complexity index is 755. The molecule has 2 aromatic carbocycles. The van der Waals surface area contributed by atoms with Crippen LogP contribution in [0.25, 0.3) is 0 Å². The fourth-order valence-electron chi connectivity index (χ4n) is 2.18. The number of carbonyl (C=O) groups excluding carboxylic acids is 2. The zero-order valence-electron chi connectivity index (χ0n) is 14.1. The third-order valence-corrected chi connectivity index (χ3v) is 4.48. The molecule has 0 aliphatic carbocycles. The molecule has 2 N–H and O–H groups in total. The molecule has 2 amide bonds. The van der Waals surface area contributed by atoms with Crippen LogP contribution in [0.15, 0.2) is 53.0 Å². The molecule has 2 rings (SSSR count).